The molecular weight excluding hydrogens is 272 g/mol. The molecule has 1 saturated heterocycles. The van der Waals surface area contributed by atoms with E-state index in [2.05, 4.69) is 12.2 Å². The Morgan fingerprint density at radius 1 is 1.30 bits per heavy atom. The number of amides is 1. The van der Waals surface area contributed by atoms with Gasteiger partial charge in [-0.15, -0.1) is 0 Å². The van der Waals surface area contributed by atoms with E-state index in [9.17, 15) is 9.90 Å². The lowest BCUT2D eigenvalue weighted by atomic mass is 9.89. The van der Waals surface area contributed by atoms with Crippen molar-refractivity contribution in [2.75, 3.05) is 37.7 Å². The highest BCUT2D eigenvalue weighted by atomic mass is 32.2. The van der Waals surface area contributed by atoms with Crippen molar-refractivity contribution in [3.63, 3.8) is 0 Å². The number of nitrogens with one attached hydrogen (secondary N) is 1. The maximum atomic E-state index is 12.8. The van der Waals surface area contributed by atoms with Gasteiger partial charge in [0.1, 0.15) is 0 Å². The second-order valence-electron chi connectivity index (χ2n) is 6.66. The van der Waals surface area contributed by atoms with Gasteiger partial charge in [-0.05, 0) is 13.3 Å². The van der Waals surface area contributed by atoms with E-state index < -0.39 is 5.54 Å². The number of rotatable bonds is 7. The van der Waals surface area contributed by atoms with Gasteiger partial charge in [-0.2, -0.15) is 11.8 Å². The zero-order valence-electron chi connectivity index (χ0n) is 13.4. The number of hydrogen-bond acceptors (Lipinski definition) is 4. The molecule has 1 rings (SSSR count). The van der Waals surface area contributed by atoms with Gasteiger partial charge in [0, 0.05) is 43.2 Å². The molecule has 1 heterocycles. The van der Waals surface area contributed by atoms with Crippen LogP contribution in [0.2, 0.25) is 0 Å². The SMILES string of the molecule is CCCC(C)(NCC(C)(C)CO)C(=O)N1CCSCC1. The average Bonchev–Trinajstić information content (AvgIpc) is 2.46. The minimum Gasteiger partial charge on any atom is -0.396 e. The van der Waals surface area contributed by atoms with E-state index in [1.54, 1.807) is 0 Å². The molecule has 0 aromatic heterocycles. The summed E-state index contributed by atoms with van der Waals surface area (Å²) in [6.07, 6.45) is 1.80. The molecule has 20 heavy (non-hydrogen) atoms. The number of nitrogens with zero attached hydrogens (tertiary/aromatic N) is 1. The first-order chi connectivity index (χ1) is 9.34. The highest BCUT2D eigenvalue weighted by Crippen LogP contribution is 2.21. The zero-order valence-corrected chi connectivity index (χ0v) is 14.2. The van der Waals surface area contributed by atoms with E-state index in [-0.39, 0.29) is 17.9 Å². The Labute approximate surface area is 127 Å². The predicted octanol–water partition coefficient (Wildman–Crippen LogP) is 1.73. The number of carbonyl (C=O) groups excluding carboxylic acids is 1. The molecule has 0 aromatic carbocycles. The highest BCUT2D eigenvalue weighted by Gasteiger charge is 2.37. The lowest BCUT2D eigenvalue weighted by Gasteiger charge is -2.38. The van der Waals surface area contributed by atoms with Gasteiger partial charge in [0.05, 0.1) is 5.54 Å². The molecule has 0 spiro atoms. The summed E-state index contributed by atoms with van der Waals surface area (Å²) >= 11 is 1.91. The smallest absolute Gasteiger partial charge is 0.242 e. The van der Waals surface area contributed by atoms with Crippen molar-refractivity contribution >= 4 is 17.7 Å². The molecule has 1 aliphatic rings. The molecule has 0 bridgehead atoms. The summed E-state index contributed by atoms with van der Waals surface area (Å²) in [5.74, 6) is 2.29. The van der Waals surface area contributed by atoms with Gasteiger partial charge in [-0.1, -0.05) is 27.2 Å². The number of thioether (sulfide) groups is 1. The van der Waals surface area contributed by atoms with Gasteiger partial charge in [0.2, 0.25) is 5.91 Å². The Morgan fingerprint density at radius 3 is 2.40 bits per heavy atom. The topological polar surface area (TPSA) is 52.6 Å². The fourth-order valence-corrected chi connectivity index (χ4v) is 3.28. The van der Waals surface area contributed by atoms with Gasteiger partial charge in [-0.25, -0.2) is 0 Å². The Morgan fingerprint density at radius 2 is 1.90 bits per heavy atom. The van der Waals surface area contributed by atoms with Crippen LogP contribution in [0.1, 0.15) is 40.5 Å². The van der Waals surface area contributed by atoms with E-state index in [1.165, 1.54) is 0 Å². The summed E-state index contributed by atoms with van der Waals surface area (Å²) in [6.45, 7) is 10.6. The first-order valence-electron chi connectivity index (χ1n) is 7.58. The van der Waals surface area contributed by atoms with Gasteiger partial charge < -0.3 is 15.3 Å². The van der Waals surface area contributed by atoms with Crippen LogP contribution < -0.4 is 5.32 Å². The van der Waals surface area contributed by atoms with Gasteiger partial charge >= 0.3 is 0 Å². The lowest BCUT2D eigenvalue weighted by Crippen LogP contribution is -2.59. The molecule has 1 amide bonds. The fraction of sp³-hybridized carbons (Fsp3) is 0.933. The minimum atomic E-state index is -0.511. The Hall–Kier alpha value is -0.260. The molecule has 0 aliphatic carbocycles. The largest absolute Gasteiger partial charge is 0.396 e. The molecule has 0 aromatic rings. The van der Waals surface area contributed by atoms with E-state index >= 15 is 0 Å². The number of aliphatic hydroxyl groups excluding tert-OH is 1. The van der Waals surface area contributed by atoms with E-state index in [1.807, 2.05) is 37.4 Å². The van der Waals surface area contributed by atoms with Crippen LogP contribution in [0.5, 0.6) is 0 Å². The van der Waals surface area contributed by atoms with Crippen LogP contribution in [0.15, 0.2) is 0 Å². The normalized spacial score (nSPS) is 19.8. The van der Waals surface area contributed by atoms with Crippen molar-refractivity contribution in [1.29, 1.82) is 0 Å². The molecule has 1 fully saturated rings. The molecule has 2 N–H and O–H groups in total. The van der Waals surface area contributed by atoms with Crippen LogP contribution in [0.25, 0.3) is 0 Å². The van der Waals surface area contributed by atoms with Crippen molar-refractivity contribution in [3.8, 4) is 0 Å². The van der Waals surface area contributed by atoms with Gasteiger partial charge in [0.25, 0.3) is 0 Å². The average molecular weight is 302 g/mol. The second kappa shape index (κ2) is 7.66. The summed E-state index contributed by atoms with van der Waals surface area (Å²) in [6, 6.07) is 0. The Bertz CT molecular complexity index is 317. The maximum absolute atomic E-state index is 12.8. The van der Waals surface area contributed by atoms with Gasteiger partial charge in [0.15, 0.2) is 0 Å². The fourth-order valence-electron chi connectivity index (χ4n) is 2.38. The third kappa shape index (κ3) is 4.93. The zero-order chi connectivity index (χ0) is 15.2. The molecule has 5 heteroatoms. The first kappa shape index (κ1) is 17.8. The van der Waals surface area contributed by atoms with E-state index in [4.69, 9.17) is 0 Å². The van der Waals surface area contributed by atoms with Crippen molar-refractivity contribution < 1.29 is 9.90 Å². The summed E-state index contributed by atoms with van der Waals surface area (Å²) in [7, 11) is 0. The van der Waals surface area contributed by atoms with Crippen molar-refractivity contribution in [3.05, 3.63) is 0 Å². The van der Waals surface area contributed by atoms with Crippen LogP contribution in [-0.2, 0) is 4.79 Å². The van der Waals surface area contributed by atoms with Crippen LogP contribution in [0, 0.1) is 5.41 Å². The van der Waals surface area contributed by atoms with Crippen LogP contribution in [-0.4, -0.2) is 59.2 Å². The maximum Gasteiger partial charge on any atom is 0.242 e. The summed E-state index contributed by atoms with van der Waals surface area (Å²) in [5.41, 5.74) is -0.712. The molecule has 1 aliphatic heterocycles. The van der Waals surface area contributed by atoms with Crippen molar-refractivity contribution in [2.45, 2.75) is 46.1 Å². The van der Waals surface area contributed by atoms with Gasteiger partial charge in [-0.3, -0.25) is 4.79 Å². The lowest BCUT2D eigenvalue weighted by molar-refractivity contribution is -0.138. The molecule has 0 radical (unpaired) electrons. The number of hydrogen-bond donors (Lipinski definition) is 2. The third-order valence-corrected chi connectivity index (χ3v) is 4.85. The van der Waals surface area contributed by atoms with E-state index in [0.29, 0.717) is 6.54 Å². The predicted molar refractivity (Wildman–Crippen MR) is 86.1 cm³/mol. The number of carbonyl (C=O) groups is 1. The molecule has 1 unspecified atom stereocenters. The molecule has 118 valence electrons. The molecule has 0 saturated carbocycles. The van der Waals surface area contributed by atoms with Crippen LogP contribution in [0.4, 0.5) is 0 Å². The second-order valence-corrected chi connectivity index (χ2v) is 7.89. The minimum absolute atomic E-state index is 0.122. The summed E-state index contributed by atoms with van der Waals surface area (Å²) in [5, 5.41) is 12.8. The van der Waals surface area contributed by atoms with Crippen molar-refractivity contribution in [2.24, 2.45) is 5.41 Å². The standard InChI is InChI=1S/C15H30N2O2S/c1-5-6-15(4,16-11-14(2,3)12-18)13(19)17-7-9-20-10-8-17/h16,18H,5-12H2,1-4H3. The molecule has 1 atom stereocenters. The van der Waals surface area contributed by atoms with Crippen LogP contribution >= 0.6 is 11.8 Å². The number of aliphatic hydroxyl groups is 1. The quantitative estimate of drug-likeness (QED) is 0.752. The van der Waals surface area contributed by atoms with Crippen molar-refractivity contribution in [1.82, 2.24) is 10.2 Å². The molecule has 4 nitrogen and oxygen atoms in total. The highest BCUT2D eigenvalue weighted by molar-refractivity contribution is 7.99. The monoisotopic (exact) mass is 302 g/mol. The summed E-state index contributed by atoms with van der Waals surface area (Å²) in [4.78, 5) is 14.8. The third-order valence-electron chi connectivity index (χ3n) is 3.91. The Balaban J connectivity index is 2.70. The first-order valence-corrected chi connectivity index (χ1v) is 8.73. The van der Waals surface area contributed by atoms with Crippen LogP contribution in [0.3, 0.4) is 0 Å². The molecular formula is C15H30N2O2S. The Kier molecular flexibility index (Phi) is 6.82. The summed E-state index contributed by atoms with van der Waals surface area (Å²) < 4.78 is 0. The van der Waals surface area contributed by atoms with E-state index in [0.717, 1.165) is 37.4 Å².